The van der Waals surface area contributed by atoms with Crippen LogP contribution in [0.2, 0.25) is 0 Å². The highest BCUT2D eigenvalue weighted by Gasteiger charge is 2.25. The summed E-state index contributed by atoms with van der Waals surface area (Å²) in [5, 5.41) is 14.4. The van der Waals surface area contributed by atoms with Crippen molar-refractivity contribution >= 4 is 11.4 Å². The Kier molecular flexibility index (Phi) is 4.60. The Morgan fingerprint density at radius 2 is 1.95 bits per heavy atom. The van der Waals surface area contributed by atoms with Gasteiger partial charge < -0.3 is 10.1 Å². The van der Waals surface area contributed by atoms with Gasteiger partial charge in [-0.3, -0.25) is 10.1 Å². The summed E-state index contributed by atoms with van der Waals surface area (Å²) < 4.78 is 5.54. The predicted molar refractivity (Wildman–Crippen MR) is 79.2 cm³/mol. The second-order valence-electron chi connectivity index (χ2n) is 5.52. The van der Waals surface area contributed by atoms with Gasteiger partial charge in [-0.15, -0.1) is 0 Å². The largest absolute Gasteiger partial charge is 0.379 e. The van der Waals surface area contributed by atoms with E-state index in [4.69, 9.17) is 4.74 Å². The highest BCUT2D eigenvalue weighted by Crippen LogP contribution is 2.29. The van der Waals surface area contributed by atoms with E-state index in [9.17, 15) is 10.1 Å². The number of nitro groups is 1. The quantitative estimate of drug-likeness (QED) is 0.675. The summed E-state index contributed by atoms with van der Waals surface area (Å²) in [6.45, 7) is 3.68. The fourth-order valence-corrected chi connectivity index (χ4v) is 2.90. The van der Waals surface area contributed by atoms with E-state index < -0.39 is 0 Å². The predicted octanol–water partition coefficient (Wildman–Crippen LogP) is 3.58. The van der Waals surface area contributed by atoms with E-state index in [1.54, 1.807) is 20.1 Å². The van der Waals surface area contributed by atoms with Gasteiger partial charge in [0.15, 0.2) is 0 Å². The lowest BCUT2D eigenvalue weighted by Gasteiger charge is -2.32. The van der Waals surface area contributed by atoms with E-state index in [1.807, 2.05) is 13.0 Å². The van der Waals surface area contributed by atoms with Crippen molar-refractivity contribution in [1.29, 1.82) is 0 Å². The summed E-state index contributed by atoms with van der Waals surface area (Å²) in [6, 6.07) is 3.80. The maximum Gasteiger partial charge on any atom is 0.272 e. The molecule has 5 nitrogen and oxygen atoms in total. The molecule has 1 fully saturated rings. The van der Waals surface area contributed by atoms with Gasteiger partial charge in [0.25, 0.3) is 5.69 Å². The summed E-state index contributed by atoms with van der Waals surface area (Å²) in [5.41, 5.74) is 2.75. The molecule has 1 aromatic carbocycles. The topological polar surface area (TPSA) is 64.4 Å². The van der Waals surface area contributed by atoms with Gasteiger partial charge in [0.2, 0.25) is 0 Å². The first-order chi connectivity index (χ1) is 9.52. The van der Waals surface area contributed by atoms with Gasteiger partial charge in [-0.25, -0.2) is 0 Å². The maximum atomic E-state index is 10.9. The number of hydrogen-bond donors (Lipinski definition) is 1. The van der Waals surface area contributed by atoms with E-state index in [0.717, 1.165) is 24.1 Å². The second-order valence-corrected chi connectivity index (χ2v) is 5.52. The molecule has 2 unspecified atom stereocenters. The van der Waals surface area contributed by atoms with Crippen LogP contribution in [0, 0.1) is 24.0 Å². The van der Waals surface area contributed by atoms with Crippen LogP contribution in [0.4, 0.5) is 11.4 Å². The lowest BCUT2D eigenvalue weighted by atomic mass is 9.92. The van der Waals surface area contributed by atoms with Gasteiger partial charge in [-0.2, -0.15) is 0 Å². The molecule has 0 spiro atoms. The van der Waals surface area contributed by atoms with E-state index >= 15 is 0 Å². The number of nitrogens with one attached hydrogen (secondary N) is 1. The zero-order valence-corrected chi connectivity index (χ0v) is 12.3. The van der Waals surface area contributed by atoms with E-state index in [0.29, 0.717) is 5.56 Å². The van der Waals surface area contributed by atoms with Crippen LogP contribution in [0.5, 0.6) is 0 Å². The minimum atomic E-state index is -0.329. The minimum Gasteiger partial charge on any atom is -0.379 e. The van der Waals surface area contributed by atoms with Crippen molar-refractivity contribution in [3.63, 3.8) is 0 Å². The second kappa shape index (κ2) is 6.22. The normalized spacial score (nSPS) is 22.6. The highest BCUT2D eigenvalue weighted by molar-refractivity contribution is 5.59. The molecule has 2 rings (SSSR count). The summed E-state index contributed by atoms with van der Waals surface area (Å²) in [7, 11) is 1.75. The van der Waals surface area contributed by atoms with Crippen molar-refractivity contribution in [2.45, 2.75) is 51.7 Å². The molecule has 0 amide bonds. The Hall–Kier alpha value is -1.62. The first-order valence-electron chi connectivity index (χ1n) is 7.08. The van der Waals surface area contributed by atoms with E-state index in [1.165, 1.54) is 12.8 Å². The van der Waals surface area contributed by atoms with E-state index in [-0.39, 0.29) is 22.8 Å². The molecule has 0 radical (unpaired) electrons. The van der Waals surface area contributed by atoms with Gasteiger partial charge >= 0.3 is 0 Å². The number of ether oxygens (including phenoxy) is 1. The first-order valence-corrected chi connectivity index (χ1v) is 7.08. The lowest BCUT2D eigenvalue weighted by Crippen LogP contribution is -2.37. The number of hydrogen-bond acceptors (Lipinski definition) is 4. The first kappa shape index (κ1) is 14.8. The smallest absolute Gasteiger partial charge is 0.272 e. The van der Waals surface area contributed by atoms with Crippen LogP contribution in [-0.2, 0) is 4.74 Å². The van der Waals surface area contributed by atoms with Crippen molar-refractivity contribution in [1.82, 2.24) is 0 Å². The fourth-order valence-electron chi connectivity index (χ4n) is 2.90. The Morgan fingerprint density at radius 3 is 2.60 bits per heavy atom. The van der Waals surface area contributed by atoms with Crippen molar-refractivity contribution in [2.75, 3.05) is 12.4 Å². The van der Waals surface area contributed by atoms with Crippen LogP contribution in [0.1, 0.15) is 36.8 Å². The molecule has 1 aliphatic carbocycles. The third-order valence-electron chi connectivity index (χ3n) is 4.09. The van der Waals surface area contributed by atoms with Crippen molar-refractivity contribution in [2.24, 2.45) is 0 Å². The molecule has 0 saturated heterocycles. The van der Waals surface area contributed by atoms with Crippen LogP contribution >= 0.6 is 0 Å². The number of anilines is 1. The number of benzene rings is 1. The Bertz CT molecular complexity index is 502. The zero-order valence-electron chi connectivity index (χ0n) is 12.3. The summed E-state index contributed by atoms with van der Waals surface area (Å²) in [4.78, 5) is 10.6. The SMILES string of the molecule is COC1CCCCC1Nc1cc(C)c([N+](=O)[O-])cc1C. The maximum absolute atomic E-state index is 10.9. The Morgan fingerprint density at radius 1 is 1.25 bits per heavy atom. The van der Waals surface area contributed by atoms with Gasteiger partial charge in [0, 0.05) is 24.4 Å². The van der Waals surface area contributed by atoms with Gasteiger partial charge in [0.05, 0.1) is 17.1 Å². The van der Waals surface area contributed by atoms with Gasteiger partial charge in [-0.05, 0) is 38.3 Å². The number of aryl methyl sites for hydroxylation is 2. The van der Waals surface area contributed by atoms with Crippen LogP contribution in [0.15, 0.2) is 12.1 Å². The third-order valence-corrected chi connectivity index (χ3v) is 4.09. The van der Waals surface area contributed by atoms with Crippen LogP contribution in [-0.4, -0.2) is 24.2 Å². The molecule has 0 aromatic heterocycles. The Balaban J connectivity index is 2.20. The molecular formula is C15H22N2O3. The number of nitro benzene ring substituents is 1. The number of nitrogens with zero attached hydrogens (tertiary/aromatic N) is 1. The number of methoxy groups -OCH3 is 1. The zero-order chi connectivity index (χ0) is 14.7. The summed E-state index contributed by atoms with van der Waals surface area (Å²) in [6.07, 6.45) is 4.77. The van der Waals surface area contributed by atoms with Gasteiger partial charge in [-0.1, -0.05) is 12.8 Å². The summed E-state index contributed by atoms with van der Waals surface area (Å²) in [5.74, 6) is 0. The molecule has 0 heterocycles. The van der Waals surface area contributed by atoms with Crippen LogP contribution in [0.25, 0.3) is 0 Å². The molecule has 110 valence electrons. The fraction of sp³-hybridized carbons (Fsp3) is 0.600. The molecule has 0 bridgehead atoms. The molecule has 1 aromatic rings. The molecule has 1 saturated carbocycles. The average Bonchev–Trinajstić information content (AvgIpc) is 2.42. The molecule has 2 atom stereocenters. The molecule has 20 heavy (non-hydrogen) atoms. The summed E-state index contributed by atoms with van der Waals surface area (Å²) >= 11 is 0. The van der Waals surface area contributed by atoms with E-state index in [2.05, 4.69) is 5.32 Å². The van der Waals surface area contributed by atoms with Crippen molar-refractivity contribution in [3.05, 3.63) is 33.4 Å². The molecule has 1 N–H and O–H groups in total. The van der Waals surface area contributed by atoms with Gasteiger partial charge in [0.1, 0.15) is 0 Å². The molecule has 1 aliphatic rings. The van der Waals surface area contributed by atoms with Crippen LogP contribution < -0.4 is 5.32 Å². The number of rotatable bonds is 4. The molecular weight excluding hydrogens is 256 g/mol. The molecule has 5 heteroatoms. The Labute approximate surface area is 119 Å². The standard InChI is InChI=1S/C15H22N2O3/c1-10-9-14(17(18)19)11(2)8-13(10)16-12-6-4-5-7-15(12)20-3/h8-9,12,15-16H,4-7H2,1-3H3. The third kappa shape index (κ3) is 3.10. The van der Waals surface area contributed by atoms with Crippen molar-refractivity contribution < 1.29 is 9.66 Å². The average molecular weight is 278 g/mol. The monoisotopic (exact) mass is 278 g/mol. The van der Waals surface area contributed by atoms with Crippen LogP contribution in [0.3, 0.4) is 0 Å². The highest BCUT2D eigenvalue weighted by atomic mass is 16.6. The minimum absolute atomic E-state index is 0.181. The lowest BCUT2D eigenvalue weighted by molar-refractivity contribution is -0.385. The van der Waals surface area contributed by atoms with Crippen molar-refractivity contribution in [3.8, 4) is 0 Å². The molecule has 0 aliphatic heterocycles.